The molecule has 0 radical (unpaired) electrons. The van der Waals surface area contributed by atoms with Crippen LogP contribution in [0.4, 0.5) is 0 Å². The highest BCUT2D eigenvalue weighted by atomic mass is 16.5. The quantitative estimate of drug-likeness (QED) is 0.440. The molecule has 0 atom stereocenters. The fraction of sp³-hybridized carbons (Fsp3) is 0.850. The van der Waals surface area contributed by atoms with Crippen LogP contribution in [0.1, 0.15) is 51.9 Å². The van der Waals surface area contributed by atoms with Crippen LogP contribution in [0.2, 0.25) is 0 Å². The van der Waals surface area contributed by atoms with E-state index in [2.05, 4.69) is 34.6 Å². The highest BCUT2D eigenvalue weighted by Crippen LogP contribution is 2.37. The van der Waals surface area contributed by atoms with Crippen LogP contribution in [0.15, 0.2) is 17.1 Å². The Hall–Kier alpha value is -1.07. The zero-order valence-corrected chi connectivity index (χ0v) is 15.9. The second-order valence-corrected chi connectivity index (χ2v) is 7.93. The molecule has 5 nitrogen and oxygen atoms in total. The van der Waals surface area contributed by atoms with Crippen molar-refractivity contribution in [3.63, 3.8) is 0 Å². The molecule has 0 amide bonds. The molecule has 25 heavy (non-hydrogen) atoms. The van der Waals surface area contributed by atoms with Gasteiger partial charge in [0.05, 0.1) is 13.2 Å². The number of aliphatic imine (C=N–C) groups is 1. The Morgan fingerprint density at radius 1 is 1.16 bits per heavy atom. The fourth-order valence-electron chi connectivity index (χ4n) is 4.40. The Morgan fingerprint density at radius 3 is 2.56 bits per heavy atom. The van der Waals surface area contributed by atoms with Gasteiger partial charge >= 0.3 is 0 Å². The van der Waals surface area contributed by atoms with Gasteiger partial charge in [-0.2, -0.15) is 0 Å². The molecule has 0 spiro atoms. The lowest BCUT2D eigenvalue weighted by atomic mass is 9.73. The predicted octanol–water partition coefficient (Wildman–Crippen LogP) is 2.54. The molecule has 0 unspecified atom stereocenters. The lowest BCUT2D eigenvalue weighted by Gasteiger charge is -2.41. The molecule has 2 aliphatic carbocycles. The van der Waals surface area contributed by atoms with Gasteiger partial charge < -0.3 is 15.4 Å². The number of nitrogens with zero attached hydrogens (tertiary/aromatic N) is 2. The molecule has 1 aliphatic heterocycles. The van der Waals surface area contributed by atoms with Crippen molar-refractivity contribution in [1.82, 2.24) is 15.5 Å². The molecule has 0 aromatic heterocycles. The maximum atomic E-state index is 5.53. The van der Waals surface area contributed by atoms with E-state index in [9.17, 15) is 0 Å². The summed E-state index contributed by atoms with van der Waals surface area (Å²) in [5, 5.41) is 7.07. The third-order valence-electron chi connectivity index (χ3n) is 5.84. The van der Waals surface area contributed by atoms with E-state index in [4.69, 9.17) is 9.73 Å². The molecular weight excluding hydrogens is 312 g/mol. The van der Waals surface area contributed by atoms with Crippen LogP contribution in [0.3, 0.4) is 0 Å². The van der Waals surface area contributed by atoms with Crippen molar-refractivity contribution >= 4 is 5.96 Å². The third-order valence-corrected chi connectivity index (χ3v) is 5.84. The van der Waals surface area contributed by atoms with Gasteiger partial charge in [0, 0.05) is 44.2 Å². The van der Waals surface area contributed by atoms with Crippen molar-refractivity contribution in [2.75, 3.05) is 45.9 Å². The maximum Gasteiger partial charge on any atom is 0.191 e. The highest BCUT2D eigenvalue weighted by molar-refractivity contribution is 5.80. The molecule has 1 saturated heterocycles. The minimum atomic E-state index is 0.353. The Bertz CT molecular complexity index is 443. The molecule has 1 saturated carbocycles. The van der Waals surface area contributed by atoms with Crippen molar-refractivity contribution in [3.8, 4) is 0 Å². The second-order valence-electron chi connectivity index (χ2n) is 7.93. The topological polar surface area (TPSA) is 48.9 Å². The van der Waals surface area contributed by atoms with Crippen molar-refractivity contribution < 1.29 is 4.74 Å². The number of nitrogens with one attached hydrogen (secondary N) is 2. The molecule has 3 aliphatic rings. The summed E-state index contributed by atoms with van der Waals surface area (Å²) in [6.07, 6.45) is 13.5. The Balaban J connectivity index is 1.62. The molecule has 2 fully saturated rings. The SMILES string of the molecule is CCNC(=NCC1(CN2CCOCC2)CCCCC1)NC1CC=CC1. The smallest absolute Gasteiger partial charge is 0.191 e. The molecule has 3 rings (SSSR count). The molecule has 5 heteroatoms. The van der Waals surface area contributed by atoms with Gasteiger partial charge in [0.25, 0.3) is 0 Å². The van der Waals surface area contributed by atoms with E-state index in [0.717, 1.165) is 58.2 Å². The summed E-state index contributed by atoms with van der Waals surface area (Å²) in [6.45, 7) is 9.13. The van der Waals surface area contributed by atoms with E-state index in [1.165, 1.54) is 38.6 Å². The zero-order valence-electron chi connectivity index (χ0n) is 15.9. The first-order valence-corrected chi connectivity index (χ1v) is 10.3. The number of hydrogen-bond acceptors (Lipinski definition) is 3. The lowest BCUT2D eigenvalue weighted by Crippen LogP contribution is -2.47. The monoisotopic (exact) mass is 348 g/mol. The van der Waals surface area contributed by atoms with Crippen molar-refractivity contribution in [2.45, 2.75) is 57.9 Å². The molecule has 1 heterocycles. The van der Waals surface area contributed by atoms with Crippen LogP contribution in [-0.4, -0.2) is 62.8 Å². The molecular formula is C20H36N4O. The highest BCUT2D eigenvalue weighted by Gasteiger charge is 2.34. The van der Waals surface area contributed by atoms with E-state index in [0.29, 0.717) is 11.5 Å². The van der Waals surface area contributed by atoms with Gasteiger partial charge in [0.2, 0.25) is 0 Å². The van der Waals surface area contributed by atoms with Gasteiger partial charge in [0.1, 0.15) is 0 Å². The first-order chi connectivity index (χ1) is 12.3. The Labute approximate surface area is 153 Å². The summed E-state index contributed by atoms with van der Waals surface area (Å²) in [6, 6.07) is 0.513. The largest absolute Gasteiger partial charge is 0.379 e. The average molecular weight is 349 g/mol. The van der Waals surface area contributed by atoms with E-state index in [-0.39, 0.29) is 0 Å². The van der Waals surface area contributed by atoms with Crippen molar-refractivity contribution in [1.29, 1.82) is 0 Å². The number of ether oxygens (including phenoxy) is 1. The molecule has 142 valence electrons. The normalized spacial score (nSPS) is 25.2. The van der Waals surface area contributed by atoms with E-state index >= 15 is 0 Å². The second kappa shape index (κ2) is 9.58. The number of hydrogen-bond donors (Lipinski definition) is 2. The Morgan fingerprint density at radius 2 is 1.88 bits per heavy atom. The lowest BCUT2D eigenvalue weighted by molar-refractivity contribution is 0.00937. The summed E-state index contributed by atoms with van der Waals surface area (Å²) < 4.78 is 5.53. The summed E-state index contributed by atoms with van der Waals surface area (Å²) >= 11 is 0. The van der Waals surface area contributed by atoms with Crippen LogP contribution < -0.4 is 10.6 Å². The Kier molecular flexibility index (Phi) is 7.17. The third kappa shape index (κ3) is 5.71. The molecule has 0 aromatic rings. The molecule has 0 bridgehead atoms. The molecule has 0 aromatic carbocycles. The summed E-state index contributed by atoms with van der Waals surface area (Å²) in [5.74, 6) is 1.00. The summed E-state index contributed by atoms with van der Waals surface area (Å²) in [5.41, 5.74) is 0.353. The van der Waals surface area contributed by atoms with E-state index < -0.39 is 0 Å². The predicted molar refractivity (Wildman–Crippen MR) is 104 cm³/mol. The number of morpholine rings is 1. The summed E-state index contributed by atoms with van der Waals surface area (Å²) in [4.78, 5) is 7.65. The van der Waals surface area contributed by atoms with Gasteiger partial charge in [-0.3, -0.25) is 9.89 Å². The van der Waals surface area contributed by atoms with Gasteiger partial charge in [-0.1, -0.05) is 31.4 Å². The van der Waals surface area contributed by atoms with E-state index in [1.54, 1.807) is 0 Å². The first-order valence-electron chi connectivity index (χ1n) is 10.3. The maximum absolute atomic E-state index is 5.53. The average Bonchev–Trinajstić information content (AvgIpc) is 3.15. The fourth-order valence-corrected chi connectivity index (χ4v) is 4.40. The number of rotatable bonds is 6. The van der Waals surface area contributed by atoms with Crippen LogP contribution in [0.25, 0.3) is 0 Å². The zero-order chi connectivity index (χ0) is 17.4. The van der Waals surface area contributed by atoms with Gasteiger partial charge in [-0.25, -0.2) is 0 Å². The van der Waals surface area contributed by atoms with Crippen LogP contribution >= 0.6 is 0 Å². The first kappa shape index (κ1) is 18.7. The minimum absolute atomic E-state index is 0.353. The van der Waals surface area contributed by atoms with Crippen LogP contribution in [0.5, 0.6) is 0 Å². The van der Waals surface area contributed by atoms with Gasteiger partial charge in [-0.15, -0.1) is 0 Å². The van der Waals surface area contributed by atoms with Crippen molar-refractivity contribution in [3.05, 3.63) is 12.2 Å². The van der Waals surface area contributed by atoms with Gasteiger partial charge in [-0.05, 0) is 32.6 Å². The molecule has 2 N–H and O–H groups in total. The van der Waals surface area contributed by atoms with Crippen molar-refractivity contribution in [2.24, 2.45) is 10.4 Å². The minimum Gasteiger partial charge on any atom is -0.379 e. The summed E-state index contributed by atoms with van der Waals surface area (Å²) in [7, 11) is 0. The van der Waals surface area contributed by atoms with Crippen LogP contribution in [-0.2, 0) is 4.74 Å². The standard InChI is InChI=1S/C20H36N4O/c1-2-21-19(23-18-8-4-5-9-18)22-16-20(10-6-3-7-11-20)17-24-12-14-25-15-13-24/h4-5,18H,2-3,6-17H2,1H3,(H2,21,22,23). The number of guanidine groups is 1. The van der Waals surface area contributed by atoms with Crippen LogP contribution in [0, 0.1) is 5.41 Å². The van der Waals surface area contributed by atoms with Gasteiger partial charge in [0.15, 0.2) is 5.96 Å². The van der Waals surface area contributed by atoms with E-state index in [1.807, 2.05) is 0 Å².